The third-order valence-electron chi connectivity index (χ3n) is 2.66. The van der Waals surface area contributed by atoms with Crippen LogP contribution in [0.3, 0.4) is 0 Å². The summed E-state index contributed by atoms with van der Waals surface area (Å²) in [6.07, 6.45) is -4.77. The third kappa shape index (κ3) is 4.70. The van der Waals surface area contributed by atoms with Gasteiger partial charge < -0.3 is 9.47 Å². The molecule has 1 aromatic heterocycles. The first-order chi connectivity index (χ1) is 10.8. The Morgan fingerprint density at radius 3 is 2.48 bits per heavy atom. The number of hydrogen-bond acceptors (Lipinski definition) is 4. The monoisotopic (exact) mass is 325 g/mol. The fraction of sp³-hybridized carbons (Fsp3) is 0.250. The van der Waals surface area contributed by atoms with Gasteiger partial charge in [0.2, 0.25) is 5.88 Å². The van der Waals surface area contributed by atoms with Crippen molar-refractivity contribution in [3.63, 3.8) is 0 Å². The summed E-state index contributed by atoms with van der Waals surface area (Å²) in [6, 6.07) is 8.78. The molecule has 0 saturated heterocycles. The Balaban J connectivity index is 2.19. The van der Waals surface area contributed by atoms with E-state index in [2.05, 4.69) is 4.98 Å². The van der Waals surface area contributed by atoms with Crippen molar-refractivity contribution in [2.45, 2.75) is 26.1 Å². The highest BCUT2D eigenvalue weighted by molar-refractivity contribution is 5.87. The Labute approximate surface area is 130 Å². The van der Waals surface area contributed by atoms with Gasteiger partial charge in [0.15, 0.2) is 5.69 Å². The highest BCUT2D eigenvalue weighted by Gasteiger charge is 2.30. The molecule has 0 unspecified atom stereocenters. The second-order valence-electron chi connectivity index (χ2n) is 4.94. The average Bonchev–Trinajstić information content (AvgIpc) is 2.46. The van der Waals surface area contributed by atoms with Crippen molar-refractivity contribution in [2.75, 3.05) is 0 Å². The summed E-state index contributed by atoms with van der Waals surface area (Å²) < 4.78 is 48.3. The van der Waals surface area contributed by atoms with Crippen molar-refractivity contribution < 1.29 is 27.4 Å². The first-order valence-corrected chi connectivity index (χ1v) is 6.79. The van der Waals surface area contributed by atoms with Gasteiger partial charge in [-0.2, -0.15) is 13.2 Å². The summed E-state index contributed by atoms with van der Waals surface area (Å²) in [6.45, 7) is 3.39. The van der Waals surface area contributed by atoms with Gasteiger partial charge in [0.25, 0.3) is 0 Å². The Hall–Kier alpha value is -2.57. The van der Waals surface area contributed by atoms with E-state index in [1.807, 2.05) is 0 Å². The Morgan fingerprint density at radius 1 is 1.13 bits per heavy atom. The molecule has 0 aliphatic carbocycles. The van der Waals surface area contributed by atoms with Crippen LogP contribution >= 0.6 is 0 Å². The molecular weight excluding hydrogens is 311 g/mol. The summed E-state index contributed by atoms with van der Waals surface area (Å²) >= 11 is 0. The average molecular weight is 325 g/mol. The van der Waals surface area contributed by atoms with Gasteiger partial charge in [-0.25, -0.2) is 9.78 Å². The number of alkyl halides is 3. The molecule has 0 spiro atoms. The quantitative estimate of drug-likeness (QED) is 0.779. The molecule has 4 nitrogen and oxygen atoms in total. The summed E-state index contributed by atoms with van der Waals surface area (Å²) in [7, 11) is 0. The molecule has 122 valence electrons. The van der Waals surface area contributed by atoms with Crippen molar-refractivity contribution in [3.05, 3.63) is 53.7 Å². The molecule has 2 aromatic rings. The largest absolute Gasteiger partial charge is 0.458 e. The second kappa shape index (κ2) is 6.68. The van der Waals surface area contributed by atoms with Gasteiger partial charge in [-0.1, -0.05) is 12.1 Å². The molecule has 0 amide bonds. The minimum atomic E-state index is -4.46. The molecule has 0 radical (unpaired) electrons. The van der Waals surface area contributed by atoms with Crippen molar-refractivity contribution >= 4 is 5.97 Å². The normalized spacial score (nSPS) is 11.4. The molecule has 0 atom stereocenters. The second-order valence-corrected chi connectivity index (χ2v) is 4.94. The zero-order chi connectivity index (χ0) is 17.0. The van der Waals surface area contributed by atoms with Crippen molar-refractivity contribution in [2.24, 2.45) is 0 Å². The lowest BCUT2D eigenvalue weighted by atomic mass is 10.2. The van der Waals surface area contributed by atoms with Gasteiger partial charge in [-0.3, -0.25) is 0 Å². The van der Waals surface area contributed by atoms with Crippen LogP contribution in [0.4, 0.5) is 13.2 Å². The number of nitrogens with zero attached hydrogens (tertiary/aromatic N) is 1. The number of esters is 1. The van der Waals surface area contributed by atoms with Gasteiger partial charge in [-0.05, 0) is 38.1 Å². The minimum absolute atomic E-state index is 0.00234. The Bertz CT molecular complexity index is 699. The van der Waals surface area contributed by atoms with Crippen LogP contribution in [0.1, 0.15) is 29.9 Å². The number of ether oxygens (including phenoxy) is 2. The molecule has 7 heteroatoms. The lowest BCUT2D eigenvalue weighted by molar-refractivity contribution is -0.137. The molecule has 1 aromatic carbocycles. The maximum absolute atomic E-state index is 12.7. The number of carbonyl (C=O) groups excluding carboxylic acids is 1. The van der Waals surface area contributed by atoms with Crippen LogP contribution in [0.25, 0.3) is 0 Å². The SMILES string of the molecule is CC(C)OC(=O)c1cccc(Oc2cccc(C(F)(F)F)c2)n1. The molecule has 0 bridgehead atoms. The summed E-state index contributed by atoms with van der Waals surface area (Å²) in [4.78, 5) is 15.7. The number of aromatic nitrogens is 1. The molecule has 0 aliphatic heterocycles. The fourth-order valence-electron chi connectivity index (χ4n) is 1.72. The summed E-state index contributed by atoms with van der Waals surface area (Å²) in [5, 5.41) is 0. The highest BCUT2D eigenvalue weighted by atomic mass is 19.4. The minimum Gasteiger partial charge on any atom is -0.458 e. The van der Waals surface area contributed by atoms with Gasteiger partial charge >= 0.3 is 12.1 Å². The number of benzene rings is 1. The molecule has 1 heterocycles. The van der Waals surface area contributed by atoms with Gasteiger partial charge in [0, 0.05) is 6.07 Å². The van der Waals surface area contributed by atoms with Gasteiger partial charge in [0.05, 0.1) is 11.7 Å². The van der Waals surface area contributed by atoms with Gasteiger partial charge in [0.1, 0.15) is 5.75 Å². The van der Waals surface area contributed by atoms with E-state index in [0.717, 1.165) is 12.1 Å². The van der Waals surface area contributed by atoms with Crippen LogP contribution in [0, 0.1) is 0 Å². The molecule has 2 rings (SSSR count). The topological polar surface area (TPSA) is 48.4 Å². The zero-order valence-electron chi connectivity index (χ0n) is 12.4. The maximum Gasteiger partial charge on any atom is 0.416 e. The Kier molecular flexibility index (Phi) is 4.88. The van der Waals surface area contributed by atoms with Gasteiger partial charge in [-0.15, -0.1) is 0 Å². The van der Waals surface area contributed by atoms with Crippen LogP contribution in [0.2, 0.25) is 0 Å². The van der Waals surface area contributed by atoms with E-state index in [1.165, 1.54) is 30.3 Å². The van der Waals surface area contributed by atoms with Crippen LogP contribution in [-0.4, -0.2) is 17.1 Å². The predicted molar refractivity (Wildman–Crippen MR) is 76.3 cm³/mol. The predicted octanol–water partition coefficient (Wildman–Crippen LogP) is 4.46. The summed E-state index contributed by atoms with van der Waals surface area (Å²) in [5.74, 6) is -0.654. The number of pyridine rings is 1. The lowest BCUT2D eigenvalue weighted by Gasteiger charge is -2.10. The van der Waals surface area contributed by atoms with E-state index in [9.17, 15) is 18.0 Å². The van der Waals surface area contributed by atoms with Crippen LogP contribution in [0.5, 0.6) is 11.6 Å². The highest BCUT2D eigenvalue weighted by Crippen LogP contribution is 2.32. The molecular formula is C16H14F3NO3. The number of hydrogen-bond donors (Lipinski definition) is 0. The molecule has 0 N–H and O–H groups in total. The maximum atomic E-state index is 12.7. The van der Waals surface area contributed by atoms with E-state index < -0.39 is 17.7 Å². The first kappa shape index (κ1) is 16.8. The standard InChI is InChI=1S/C16H14F3NO3/c1-10(2)22-15(21)13-7-4-8-14(20-13)23-12-6-3-5-11(9-12)16(17,18)19/h3-10H,1-2H3. The van der Waals surface area contributed by atoms with E-state index in [-0.39, 0.29) is 23.4 Å². The van der Waals surface area contributed by atoms with Crippen molar-refractivity contribution in [1.29, 1.82) is 0 Å². The molecule has 0 aliphatic rings. The van der Waals surface area contributed by atoms with E-state index >= 15 is 0 Å². The zero-order valence-corrected chi connectivity index (χ0v) is 12.4. The Morgan fingerprint density at radius 2 is 1.83 bits per heavy atom. The van der Waals surface area contributed by atoms with Crippen LogP contribution in [0.15, 0.2) is 42.5 Å². The third-order valence-corrected chi connectivity index (χ3v) is 2.66. The van der Waals surface area contributed by atoms with Crippen LogP contribution < -0.4 is 4.74 Å². The number of rotatable bonds is 4. The van der Waals surface area contributed by atoms with E-state index in [1.54, 1.807) is 13.8 Å². The molecule has 0 saturated carbocycles. The van der Waals surface area contributed by atoms with Crippen molar-refractivity contribution in [1.82, 2.24) is 4.98 Å². The smallest absolute Gasteiger partial charge is 0.416 e. The molecule has 0 fully saturated rings. The van der Waals surface area contributed by atoms with Crippen molar-refractivity contribution in [3.8, 4) is 11.6 Å². The fourth-order valence-corrected chi connectivity index (χ4v) is 1.72. The van der Waals surface area contributed by atoms with E-state index in [4.69, 9.17) is 9.47 Å². The lowest BCUT2D eigenvalue weighted by Crippen LogP contribution is -2.13. The summed E-state index contributed by atoms with van der Waals surface area (Å²) in [5.41, 5.74) is -0.812. The first-order valence-electron chi connectivity index (χ1n) is 6.79. The molecule has 23 heavy (non-hydrogen) atoms. The number of halogens is 3. The van der Waals surface area contributed by atoms with E-state index in [0.29, 0.717) is 0 Å². The number of carbonyl (C=O) groups is 1. The van der Waals surface area contributed by atoms with Crippen LogP contribution in [-0.2, 0) is 10.9 Å².